The van der Waals surface area contributed by atoms with E-state index in [2.05, 4.69) is 0 Å². The molecule has 0 amide bonds. The van der Waals surface area contributed by atoms with Crippen LogP contribution >= 0.6 is 30.1 Å². The molecule has 0 radical (unpaired) electrons. The number of aliphatic hydroxyl groups is 1. The van der Waals surface area contributed by atoms with Gasteiger partial charge in [0.1, 0.15) is 0 Å². The lowest BCUT2D eigenvalue weighted by atomic mass is 10.4. The van der Waals surface area contributed by atoms with Crippen molar-refractivity contribution in [2.24, 2.45) is 0 Å². The standard InChI is InChI=1S/C4H2F3IOS/c5-4(6,7)3(9)1-2-10-8/h3,9H. The SMILES string of the molecule is OC(C#CSI)C(F)(F)F. The first-order valence-electron chi connectivity index (χ1n) is 2.01. The molecule has 58 valence electrons. The van der Waals surface area contributed by atoms with Crippen molar-refractivity contribution in [3.63, 3.8) is 0 Å². The van der Waals surface area contributed by atoms with Crippen LogP contribution in [0.4, 0.5) is 13.2 Å². The first-order valence-corrected chi connectivity index (χ1v) is 5.37. The van der Waals surface area contributed by atoms with Crippen molar-refractivity contribution in [1.29, 1.82) is 0 Å². The lowest BCUT2D eigenvalue weighted by molar-refractivity contribution is -0.184. The molecule has 1 unspecified atom stereocenters. The highest BCUT2D eigenvalue weighted by atomic mass is 127. The molecule has 0 aromatic rings. The van der Waals surface area contributed by atoms with Gasteiger partial charge in [-0.1, -0.05) is 0 Å². The highest BCUT2D eigenvalue weighted by Crippen LogP contribution is 2.19. The highest BCUT2D eigenvalue weighted by Gasteiger charge is 2.36. The Morgan fingerprint density at radius 1 is 1.50 bits per heavy atom. The van der Waals surface area contributed by atoms with Crippen LogP contribution in [0.15, 0.2) is 0 Å². The van der Waals surface area contributed by atoms with Gasteiger partial charge >= 0.3 is 6.18 Å². The zero-order chi connectivity index (χ0) is 8.20. The summed E-state index contributed by atoms with van der Waals surface area (Å²) in [5.41, 5.74) is 0. The Morgan fingerprint density at radius 3 is 2.30 bits per heavy atom. The normalized spacial score (nSPS) is 13.7. The third-order valence-electron chi connectivity index (χ3n) is 0.544. The number of hydrogen-bond acceptors (Lipinski definition) is 2. The van der Waals surface area contributed by atoms with Crippen molar-refractivity contribution in [2.45, 2.75) is 12.3 Å². The maximum absolute atomic E-state index is 11.4. The Kier molecular flexibility index (Phi) is 4.47. The molecule has 10 heavy (non-hydrogen) atoms. The zero-order valence-corrected chi connectivity index (χ0v) is 7.42. The minimum absolute atomic E-state index is 0.895. The average molecular weight is 282 g/mol. The lowest BCUT2D eigenvalue weighted by Crippen LogP contribution is -2.26. The lowest BCUT2D eigenvalue weighted by Gasteiger charge is -2.06. The summed E-state index contributed by atoms with van der Waals surface area (Å²) in [7, 11) is 0.895. The molecule has 0 saturated carbocycles. The maximum atomic E-state index is 11.4. The van der Waals surface area contributed by atoms with E-state index in [0.29, 0.717) is 0 Å². The van der Waals surface area contributed by atoms with E-state index in [1.54, 1.807) is 27.1 Å². The van der Waals surface area contributed by atoms with E-state index in [-0.39, 0.29) is 0 Å². The monoisotopic (exact) mass is 282 g/mol. The molecule has 0 aliphatic rings. The predicted molar refractivity (Wildman–Crippen MR) is 41.4 cm³/mol. The fraction of sp³-hybridized carbons (Fsp3) is 0.500. The van der Waals surface area contributed by atoms with Gasteiger partial charge < -0.3 is 5.11 Å². The molecule has 0 aromatic heterocycles. The largest absolute Gasteiger partial charge is 0.425 e. The van der Waals surface area contributed by atoms with Gasteiger partial charge in [-0.15, -0.1) is 0 Å². The van der Waals surface area contributed by atoms with Crippen LogP contribution in [-0.4, -0.2) is 17.4 Å². The van der Waals surface area contributed by atoms with E-state index in [4.69, 9.17) is 5.11 Å². The van der Waals surface area contributed by atoms with Crippen LogP contribution in [0.2, 0.25) is 0 Å². The van der Waals surface area contributed by atoms with Crippen LogP contribution in [0.5, 0.6) is 0 Å². The molecule has 6 heteroatoms. The summed E-state index contributed by atoms with van der Waals surface area (Å²) in [5, 5.41) is 10.2. The highest BCUT2D eigenvalue weighted by molar-refractivity contribution is 14.2. The fourth-order valence-corrected chi connectivity index (χ4v) is 0.697. The van der Waals surface area contributed by atoms with Crippen molar-refractivity contribution in [1.82, 2.24) is 0 Å². The van der Waals surface area contributed by atoms with Crippen LogP contribution in [0.3, 0.4) is 0 Å². The second-order valence-electron chi connectivity index (χ2n) is 1.27. The molecule has 1 atom stereocenters. The molecule has 0 heterocycles. The third-order valence-corrected chi connectivity index (χ3v) is 1.40. The van der Waals surface area contributed by atoms with E-state index >= 15 is 0 Å². The molecule has 0 bridgehead atoms. The number of alkyl halides is 3. The van der Waals surface area contributed by atoms with Gasteiger partial charge in [0, 0.05) is 21.2 Å². The Labute approximate surface area is 72.0 Å². The second kappa shape index (κ2) is 4.31. The predicted octanol–water partition coefficient (Wildman–Crippen LogP) is 1.95. The van der Waals surface area contributed by atoms with Gasteiger partial charge in [0.15, 0.2) is 0 Å². The molecule has 1 N–H and O–H groups in total. The molecule has 0 aliphatic carbocycles. The van der Waals surface area contributed by atoms with E-state index in [0.717, 1.165) is 8.93 Å². The minimum Gasteiger partial charge on any atom is -0.372 e. The number of halogens is 4. The van der Waals surface area contributed by atoms with Gasteiger partial charge in [-0.3, -0.25) is 0 Å². The Hall–Kier alpha value is 0.390. The summed E-state index contributed by atoms with van der Waals surface area (Å²) >= 11 is 1.71. The Balaban J connectivity index is 3.97. The minimum atomic E-state index is -4.63. The molecule has 1 nitrogen and oxygen atoms in total. The van der Waals surface area contributed by atoms with Gasteiger partial charge in [0.25, 0.3) is 0 Å². The van der Waals surface area contributed by atoms with Crippen LogP contribution in [-0.2, 0) is 0 Å². The molecule has 0 aromatic carbocycles. The first-order chi connectivity index (χ1) is 4.48. The number of rotatable bonds is 0. The van der Waals surface area contributed by atoms with Crippen molar-refractivity contribution in [3.8, 4) is 11.2 Å². The molecule has 0 fully saturated rings. The van der Waals surface area contributed by atoms with Gasteiger partial charge in [0.2, 0.25) is 6.10 Å². The molecule has 0 aliphatic heterocycles. The summed E-state index contributed by atoms with van der Waals surface area (Å²) in [5.74, 6) is 1.61. The fourth-order valence-electron chi connectivity index (χ4n) is 0.160. The Morgan fingerprint density at radius 2 is 2.00 bits per heavy atom. The summed E-state index contributed by atoms with van der Waals surface area (Å²) in [4.78, 5) is 0. The van der Waals surface area contributed by atoms with Crippen LogP contribution in [0.25, 0.3) is 0 Å². The van der Waals surface area contributed by atoms with Gasteiger partial charge in [0.05, 0.1) is 0 Å². The van der Waals surface area contributed by atoms with Crippen LogP contribution in [0, 0.1) is 11.2 Å². The van der Waals surface area contributed by atoms with E-state index in [1.165, 1.54) is 0 Å². The summed E-state index contributed by atoms with van der Waals surface area (Å²) in [6, 6.07) is 0. The summed E-state index contributed by atoms with van der Waals surface area (Å²) < 4.78 is 34.2. The van der Waals surface area contributed by atoms with Crippen molar-refractivity contribution in [2.75, 3.05) is 0 Å². The molecular formula is C4H2F3IOS. The molecular weight excluding hydrogens is 280 g/mol. The van der Waals surface area contributed by atoms with Crippen LogP contribution < -0.4 is 0 Å². The quantitative estimate of drug-likeness (QED) is 0.541. The van der Waals surface area contributed by atoms with Gasteiger partial charge in [-0.05, 0) is 20.1 Å². The van der Waals surface area contributed by atoms with Crippen molar-refractivity contribution >= 4 is 30.1 Å². The van der Waals surface area contributed by atoms with Gasteiger partial charge in [-0.25, -0.2) is 0 Å². The zero-order valence-electron chi connectivity index (χ0n) is 4.44. The molecule has 0 saturated heterocycles. The third kappa shape index (κ3) is 4.24. The average Bonchev–Trinajstić information content (AvgIpc) is 1.80. The van der Waals surface area contributed by atoms with E-state index in [9.17, 15) is 13.2 Å². The van der Waals surface area contributed by atoms with E-state index < -0.39 is 12.3 Å². The van der Waals surface area contributed by atoms with Crippen molar-refractivity contribution < 1.29 is 18.3 Å². The van der Waals surface area contributed by atoms with E-state index in [1.807, 2.05) is 5.25 Å². The smallest absolute Gasteiger partial charge is 0.372 e. The molecule has 0 rings (SSSR count). The maximum Gasteiger partial charge on any atom is 0.425 e. The van der Waals surface area contributed by atoms with Gasteiger partial charge in [-0.2, -0.15) is 13.2 Å². The summed E-state index contributed by atoms with van der Waals surface area (Å²) in [6.45, 7) is 0. The number of hydrogen-bond donors (Lipinski definition) is 1. The van der Waals surface area contributed by atoms with Crippen LogP contribution in [0.1, 0.15) is 0 Å². The number of aliphatic hydroxyl groups excluding tert-OH is 1. The van der Waals surface area contributed by atoms with Crippen molar-refractivity contribution in [3.05, 3.63) is 0 Å². The molecule has 0 spiro atoms. The topological polar surface area (TPSA) is 20.2 Å². The first kappa shape index (κ1) is 10.4. The second-order valence-corrected chi connectivity index (χ2v) is 2.95. The Bertz CT molecular complexity index is 158. The summed E-state index contributed by atoms with van der Waals surface area (Å²) in [6.07, 6.45) is -7.14.